The molecule has 0 radical (unpaired) electrons. The van der Waals surface area contributed by atoms with Gasteiger partial charge in [0.15, 0.2) is 6.10 Å². The van der Waals surface area contributed by atoms with Crippen LogP contribution in [0, 0.1) is 23.5 Å². The number of carbonyl (C=O) groups is 5. The van der Waals surface area contributed by atoms with Crippen LogP contribution in [0.25, 0.3) is 0 Å². The molecule has 5 atom stereocenters. The van der Waals surface area contributed by atoms with E-state index in [4.69, 9.17) is 15.6 Å². The lowest BCUT2D eigenvalue weighted by Gasteiger charge is -2.45. The largest absolute Gasteiger partial charge is 0.480 e. The van der Waals surface area contributed by atoms with Crippen molar-refractivity contribution in [3.63, 3.8) is 0 Å². The first-order chi connectivity index (χ1) is 42.0. The Kier molecular flexibility index (Phi) is 23.5. The van der Waals surface area contributed by atoms with Crippen molar-refractivity contribution in [2.75, 3.05) is 13.1 Å². The molecule has 4 aliphatic rings. The second-order valence-electron chi connectivity index (χ2n) is 25.8. The van der Waals surface area contributed by atoms with Crippen LogP contribution in [-0.4, -0.2) is 119 Å². The summed E-state index contributed by atoms with van der Waals surface area (Å²) in [7, 11) is 0. The molecule has 7 N–H and O–H groups in total. The van der Waals surface area contributed by atoms with Crippen molar-refractivity contribution >= 4 is 29.8 Å². The predicted octanol–water partition coefficient (Wildman–Crippen LogP) is 13.5. The first kappa shape index (κ1) is 75.6. The van der Waals surface area contributed by atoms with Crippen molar-refractivity contribution in [2.24, 2.45) is 17.6 Å². The van der Waals surface area contributed by atoms with E-state index >= 15 is 0 Å². The van der Waals surface area contributed by atoms with Crippen LogP contribution in [0.2, 0.25) is 0 Å². The highest BCUT2D eigenvalue weighted by atomic mass is 19.4. The standard InChI is InChI=1S/C25H23F7N2O4.C17H24F3NO2.C11H11F4N.C10H17NO4/c26-18-12-16(24(27,28)29)8-9-17(18)20(13-6-7-13)33-21(35)19-5-2-10-34(19)22(36)14-3-1-4-15(11-14)23(37,38)25(30,31)32;1-15(2,3)21(16(4,5)6)14(23)12-9-7-8-11(10-12)13(22)17(18,19)20;12-9-5-7(11(13,14)15)3-4-8(9)10(16)6-1-2-6;1-10(2,3)15-9(14)11-6-4-5-7(11)8(12)13/h1,3-4,8-9,11-13,19-20,37-38H,2,5-7,10H2,(H,33,35);7-10,13,22H,1-6H3;3-6,10H,1-2,16H2;7H,4-6H2,1-3H3,(H,12,13)/t19-,20-;;10-;7-/m1.11/s1. The van der Waals surface area contributed by atoms with E-state index in [1.807, 2.05) is 41.5 Å². The second kappa shape index (κ2) is 28.6. The topological polar surface area (TPSA) is 223 Å². The predicted molar refractivity (Wildman–Crippen MR) is 305 cm³/mol. The van der Waals surface area contributed by atoms with E-state index in [-0.39, 0.29) is 58.5 Å². The van der Waals surface area contributed by atoms with E-state index < -0.39 is 130 Å². The Labute approximate surface area is 521 Å². The monoisotopic (exact) mass is 1330 g/mol. The number of carbonyl (C=O) groups excluding carboxylic acids is 4. The number of likely N-dealkylation sites (tertiary alicyclic amines) is 2. The Morgan fingerprint density at radius 2 is 1.08 bits per heavy atom. The lowest BCUT2D eigenvalue weighted by Crippen LogP contribution is -2.55. The normalized spacial score (nSPS) is 18.4. The summed E-state index contributed by atoms with van der Waals surface area (Å²) in [6.07, 6.45) is -17.8. The van der Waals surface area contributed by atoms with Crippen LogP contribution < -0.4 is 11.1 Å². The first-order valence-electron chi connectivity index (χ1n) is 29.1. The number of amides is 4. The van der Waals surface area contributed by atoms with Gasteiger partial charge in [0.25, 0.3) is 17.6 Å². The minimum absolute atomic E-state index is 0.0759. The van der Waals surface area contributed by atoms with Gasteiger partial charge in [-0.1, -0.05) is 36.4 Å². The zero-order valence-corrected chi connectivity index (χ0v) is 51.6. The Balaban J connectivity index is 0.000000242. The quantitative estimate of drug-likeness (QED) is 0.0612. The smallest absolute Gasteiger partial charge is 0.447 e. The number of nitrogens with zero attached hydrogens (tertiary/aromatic N) is 3. The summed E-state index contributed by atoms with van der Waals surface area (Å²) in [4.78, 5) is 65.6. The lowest BCUT2D eigenvalue weighted by atomic mass is 9.94. The van der Waals surface area contributed by atoms with Crippen LogP contribution in [0.4, 0.5) is 66.3 Å². The Morgan fingerprint density at radius 1 is 0.598 bits per heavy atom. The Bertz CT molecular complexity index is 3240. The van der Waals surface area contributed by atoms with Crippen LogP contribution >= 0.6 is 0 Å². The van der Waals surface area contributed by atoms with Gasteiger partial charge >= 0.3 is 36.8 Å². The van der Waals surface area contributed by atoms with E-state index in [0.717, 1.165) is 78.8 Å². The number of nitrogens with one attached hydrogen (secondary N) is 1. The molecule has 2 saturated heterocycles. The van der Waals surface area contributed by atoms with Crippen LogP contribution in [0.5, 0.6) is 0 Å². The van der Waals surface area contributed by atoms with Gasteiger partial charge in [0.05, 0.1) is 17.2 Å². The summed E-state index contributed by atoms with van der Waals surface area (Å²) < 4.78 is 186. The van der Waals surface area contributed by atoms with E-state index in [1.165, 1.54) is 17.0 Å². The molecular weight excluding hydrogens is 1250 g/mol. The van der Waals surface area contributed by atoms with Crippen molar-refractivity contribution in [3.8, 4) is 0 Å². The molecule has 8 rings (SSSR count). The van der Waals surface area contributed by atoms with Crippen LogP contribution in [-0.2, 0) is 32.5 Å². The number of aliphatic hydroxyl groups excluding tert-OH is 1. The maximum Gasteiger partial charge on any atom is 0.447 e. The maximum atomic E-state index is 14.7. The molecule has 0 aromatic heterocycles. The highest BCUT2D eigenvalue weighted by Gasteiger charge is 2.55. The van der Waals surface area contributed by atoms with E-state index in [9.17, 15) is 101 Å². The number of ether oxygens (including phenoxy) is 1. The van der Waals surface area contributed by atoms with Gasteiger partial charge in [0, 0.05) is 58.0 Å². The number of nitrogens with two attached hydrogens (primary N) is 1. The summed E-state index contributed by atoms with van der Waals surface area (Å²) in [5.74, 6) is -9.04. The molecule has 510 valence electrons. The fraction of sp³-hybridized carbons (Fsp3) is 0.540. The number of hydrogen-bond acceptors (Lipinski definition) is 10. The third kappa shape index (κ3) is 20.0. The third-order valence-electron chi connectivity index (χ3n) is 15.1. The molecule has 4 aromatic carbocycles. The van der Waals surface area contributed by atoms with Gasteiger partial charge in [-0.25, -0.2) is 18.4 Å². The first-order valence-corrected chi connectivity index (χ1v) is 29.1. The van der Waals surface area contributed by atoms with Crippen LogP contribution in [0.3, 0.4) is 0 Å². The molecule has 29 heteroatoms. The van der Waals surface area contributed by atoms with Crippen molar-refractivity contribution in [3.05, 3.63) is 141 Å². The highest BCUT2D eigenvalue weighted by molar-refractivity contribution is 5.98. The lowest BCUT2D eigenvalue weighted by molar-refractivity contribution is -0.358. The molecule has 4 amide bonds. The Hall–Kier alpha value is -7.11. The minimum Gasteiger partial charge on any atom is -0.480 e. The molecule has 4 aromatic rings. The van der Waals surface area contributed by atoms with Gasteiger partial charge in [-0.15, -0.1) is 0 Å². The fourth-order valence-corrected chi connectivity index (χ4v) is 10.6. The van der Waals surface area contributed by atoms with Gasteiger partial charge in [-0.3, -0.25) is 19.3 Å². The number of carboxylic acid groups (broad SMARTS) is 1. The summed E-state index contributed by atoms with van der Waals surface area (Å²) in [5.41, 5.74) is 0.540. The molecular formula is C63H75F14N5O10. The highest BCUT2D eigenvalue weighted by Crippen LogP contribution is 2.45. The number of benzene rings is 4. The van der Waals surface area contributed by atoms with Gasteiger partial charge in [0.2, 0.25) is 5.91 Å². The molecule has 2 heterocycles. The van der Waals surface area contributed by atoms with Gasteiger partial charge in [-0.2, -0.15) is 52.7 Å². The van der Waals surface area contributed by atoms with E-state index in [1.54, 1.807) is 25.7 Å². The average Bonchev–Trinajstić information content (AvgIpc) is 1.15. The molecule has 2 saturated carbocycles. The third-order valence-corrected chi connectivity index (χ3v) is 15.1. The molecule has 4 fully saturated rings. The van der Waals surface area contributed by atoms with Crippen LogP contribution in [0.15, 0.2) is 84.9 Å². The number of hydrogen-bond donors (Lipinski definition) is 6. The number of aliphatic carboxylic acids is 1. The van der Waals surface area contributed by atoms with Gasteiger partial charge in [-0.05, 0) is 180 Å². The second-order valence-corrected chi connectivity index (χ2v) is 25.8. The number of alkyl halides is 12. The molecule has 2 aliphatic heterocycles. The molecule has 2 aliphatic carbocycles. The van der Waals surface area contributed by atoms with Crippen molar-refractivity contribution < 1.29 is 111 Å². The SMILES string of the molecule is CC(C)(C)N(C(=O)c1cccc(C(O)C(F)(F)F)c1)C(C)(C)C.CC(C)(C)OC(=O)N1CCC[C@@H]1C(=O)O.N[C@@H](c1ccc(C(F)(F)F)cc1F)C1CC1.O=C(N[C@@H](c1ccc(C(F)(F)F)cc1F)C1CC1)[C@H]1CCCN1C(=O)c1cccc(C(O)(O)C(F)(F)F)c1. The number of carboxylic acids is 1. The maximum absolute atomic E-state index is 14.7. The summed E-state index contributed by atoms with van der Waals surface area (Å²) in [6.45, 7) is 17.0. The van der Waals surface area contributed by atoms with Gasteiger partial charge in [0.1, 0.15) is 29.3 Å². The summed E-state index contributed by atoms with van der Waals surface area (Å²) in [5, 5.41) is 40.0. The molecule has 0 bridgehead atoms. The fourth-order valence-electron chi connectivity index (χ4n) is 10.6. The number of aliphatic hydroxyl groups is 3. The summed E-state index contributed by atoms with van der Waals surface area (Å²) in [6, 6.07) is 10.1. The molecule has 92 heavy (non-hydrogen) atoms. The Morgan fingerprint density at radius 3 is 1.52 bits per heavy atom. The van der Waals surface area contributed by atoms with E-state index in [0.29, 0.717) is 50.4 Å². The minimum atomic E-state index is -5.43. The van der Waals surface area contributed by atoms with Crippen molar-refractivity contribution in [1.29, 1.82) is 0 Å². The van der Waals surface area contributed by atoms with Crippen molar-refractivity contribution in [1.82, 2.24) is 20.0 Å². The summed E-state index contributed by atoms with van der Waals surface area (Å²) >= 11 is 0. The zero-order valence-electron chi connectivity index (χ0n) is 51.6. The molecule has 0 spiro atoms. The van der Waals surface area contributed by atoms with Crippen molar-refractivity contribution in [2.45, 2.75) is 191 Å². The van der Waals surface area contributed by atoms with Gasteiger partial charge < -0.3 is 46.0 Å². The average molecular weight is 1330 g/mol. The number of halogens is 14. The molecule has 15 nitrogen and oxygen atoms in total. The zero-order chi connectivity index (χ0) is 69.8. The molecule has 1 unspecified atom stereocenters. The van der Waals surface area contributed by atoms with E-state index in [2.05, 4.69) is 5.32 Å². The number of rotatable bonds is 11. The van der Waals surface area contributed by atoms with Crippen LogP contribution in [0.1, 0.15) is 186 Å².